The maximum Gasteiger partial charge on any atom is 0.257 e. The molecule has 0 unspecified atom stereocenters. The fourth-order valence-electron chi connectivity index (χ4n) is 1.48. The number of rotatable bonds is 0. The topological polar surface area (TPSA) is 49.3 Å². The maximum atomic E-state index is 11.0. The first-order valence-corrected chi connectivity index (χ1v) is 3.78. The van der Waals surface area contributed by atoms with Gasteiger partial charge in [-0.15, -0.1) is 0 Å². The van der Waals surface area contributed by atoms with E-state index in [9.17, 15) is 9.90 Å². The first kappa shape index (κ1) is 7.31. The Morgan fingerprint density at radius 1 is 1.50 bits per heavy atom. The molecule has 1 aromatic rings. The van der Waals surface area contributed by atoms with Crippen molar-refractivity contribution in [2.24, 2.45) is 0 Å². The molecule has 3 nitrogen and oxygen atoms in total. The number of hydrogen-bond donors (Lipinski definition) is 2. The molecule has 0 bridgehead atoms. The van der Waals surface area contributed by atoms with Gasteiger partial charge in [-0.3, -0.25) is 4.79 Å². The van der Waals surface area contributed by atoms with E-state index in [1.807, 2.05) is 19.1 Å². The first-order chi connectivity index (χ1) is 5.70. The lowest BCUT2D eigenvalue weighted by atomic mass is 10.0. The average Bonchev–Trinajstić information content (AvgIpc) is 2.29. The second-order valence-electron chi connectivity index (χ2n) is 2.93. The van der Waals surface area contributed by atoms with E-state index in [-0.39, 0.29) is 5.91 Å². The summed E-state index contributed by atoms with van der Waals surface area (Å²) in [4.78, 5) is 11.0. The molecule has 0 saturated carbocycles. The second kappa shape index (κ2) is 2.32. The van der Waals surface area contributed by atoms with Crippen molar-refractivity contribution in [3.63, 3.8) is 0 Å². The van der Waals surface area contributed by atoms with Crippen LogP contribution < -0.4 is 5.32 Å². The monoisotopic (exact) mass is 163 g/mol. The molecule has 0 spiro atoms. The highest BCUT2D eigenvalue weighted by atomic mass is 16.3. The lowest BCUT2D eigenvalue weighted by molar-refractivity contribution is -0.123. The summed E-state index contributed by atoms with van der Waals surface area (Å²) in [6.45, 7) is 1.88. The summed E-state index contributed by atoms with van der Waals surface area (Å²) in [5.74, 6) is -0.334. The SMILES string of the molecule is Cc1cccc2c1[C@@H](O)C(=O)N2. The fraction of sp³-hybridized carbons (Fsp3) is 0.222. The van der Waals surface area contributed by atoms with Crippen LogP contribution in [-0.4, -0.2) is 11.0 Å². The number of hydrogen-bond acceptors (Lipinski definition) is 2. The number of benzene rings is 1. The van der Waals surface area contributed by atoms with Crippen LogP contribution in [0.25, 0.3) is 0 Å². The molecule has 1 aliphatic rings. The second-order valence-corrected chi connectivity index (χ2v) is 2.93. The largest absolute Gasteiger partial charge is 0.378 e. The van der Waals surface area contributed by atoms with Crippen molar-refractivity contribution in [3.05, 3.63) is 29.3 Å². The molecule has 2 rings (SSSR count). The molecule has 0 aromatic heterocycles. The van der Waals surface area contributed by atoms with Crippen molar-refractivity contribution in [2.45, 2.75) is 13.0 Å². The third-order valence-corrected chi connectivity index (χ3v) is 2.10. The number of aliphatic hydroxyl groups excluding tert-OH is 1. The Hall–Kier alpha value is -1.35. The van der Waals surface area contributed by atoms with Gasteiger partial charge in [-0.05, 0) is 18.6 Å². The average molecular weight is 163 g/mol. The number of carbonyl (C=O) groups is 1. The van der Waals surface area contributed by atoms with Gasteiger partial charge in [-0.2, -0.15) is 0 Å². The molecule has 0 aliphatic carbocycles. The van der Waals surface area contributed by atoms with Crippen LogP contribution in [0, 0.1) is 6.92 Å². The highest BCUT2D eigenvalue weighted by Crippen LogP contribution is 2.32. The van der Waals surface area contributed by atoms with Crippen molar-refractivity contribution in [1.82, 2.24) is 0 Å². The summed E-state index contributed by atoms with van der Waals surface area (Å²) >= 11 is 0. The number of anilines is 1. The Morgan fingerprint density at radius 3 is 2.92 bits per heavy atom. The van der Waals surface area contributed by atoms with Gasteiger partial charge in [0.1, 0.15) is 0 Å². The Morgan fingerprint density at radius 2 is 2.25 bits per heavy atom. The summed E-state index contributed by atoms with van der Waals surface area (Å²) in [6.07, 6.45) is -0.985. The van der Waals surface area contributed by atoms with Crippen molar-refractivity contribution in [1.29, 1.82) is 0 Å². The maximum absolute atomic E-state index is 11.0. The summed E-state index contributed by atoms with van der Waals surface area (Å²) in [7, 11) is 0. The van der Waals surface area contributed by atoms with E-state index in [0.29, 0.717) is 5.56 Å². The Bertz CT molecular complexity index is 346. The van der Waals surface area contributed by atoms with Crippen LogP contribution in [0.4, 0.5) is 5.69 Å². The van der Waals surface area contributed by atoms with Gasteiger partial charge in [0.25, 0.3) is 5.91 Å². The number of aryl methyl sites for hydroxylation is 1. The van der Waals surface area contributed by atoms with Gasteiger partial charge in [0.05, 0.1) is 0 Å². The van der Waals surface area contributed by atoms with Crippen LogP contribution in [-0.2, 0) is 4.79 Å². The minimum Gasteiger partial charge on any atom is -0.378 e. The van der Waals surface area contributed by atoms with Gasteiger partial charge in [0, 0.05) is 11.3 Å². The Labute approximate surface area is 70.0 Å². The van der Waals surface area contributed by atoms with E-state index in [1.165, 1.54) is 0 Å². The van der Waals surface area contributed by atoms with Gasteiger partial charge in [-0.25, -0.2) is 0 Å². The normalized spacial score (nSPS) is 20.5. The molecule has 1 heterocycles. The van der Waals surface area contributed by atoms with Crippen LogP contribution in [0.5, 0.6) is 0 Å². The molecule has 12 heavy (non-hydrogen) atoms. The summed E-state index contributed by atoms with van der Waals surface area (Å²) in [6, 6.07) is 5.52. The van der Waals surface area contributed by atoms with Crippen molar-refractivity contribution < 1.29 is 9.90 Å². The Balaban J connectivity index is 2.62. The van der Waals surface area contributed by atoms with Crippen molar-refractivity contribution >= 4 is 11.6 Å². The van der Waals surface area contributed by atoms with Gasteiger partial charge >= 0.3 is 0 Å². The van der Waals surface area contributed by atoms with Crippen LogP contribution >= 0.6 is 0 Å². The minimum atomic E-state index is -0.985. The molecular weight excluding hydrogens is 154 g/mol. The summed E-state index contributed by atoms with van der Waals surface area (Å²) in [5.41, 5.74) is 2.38. The smallest absolute Gasteiger partial charge is 0.257 e. The third-order valence-electron chi connectivity index (χ3n) is 2.10. The van der Waals surface area contributed by atoms with E-state index in [4.69, 9.17) is 0 Å². The van der Waals surface area contributed by atoms with E-state index in [0.717, 1.165) is 11.3 Å². The molecule has 1 aliphatic heterocycles. The van der Waals surface area contributed by atoms with E-state index in [1.54, 1.807) is 6.07 Å². The highest BCUT2D eigenvalue weighted by Gasteiger charge is 2.29. The van der Waals surface area contributed by atoms with Crippen LogP contribution in [0.2, 0.25) is 0 Å². The quantitative estimate of drug-likeness (QED) is 0.599. The van der Waals surface area contributed by atoms with Crippen molar-refractivity contribution in [3.8, 4) is 0 Å². The molecule has 1 aromatic carbocycles. The van der Waals surface area contributed by atoms with Crippen LogP contribution in [0.3, 0.4) is 0 Å². The zero-order valence-electron chi connectivity index (χ0n) is 6.66. The Kier molecular flexibility index (Phi) is 1.41. The standard InChI is InChI=1S/C9H9NO2/c1-5-3-2-4-6-7(5)8(11)9(12)10-6/h2-4,8,11H,1H3,(H,10,12)/t8-/m1/s1. The number of carbonyl (C=O) groups excluding carboxylic acids is 1. The highest BCUT2D eigenvalue weighted by molar-refractivity contribution is 6.02. The molecule has 0 fully saturated rings. The fourth-order valence-corrected chi connectivity index (χ4v) is 1.48. The number of nitrogens with one attached hydrogen (secondary N) is 1. The molecule has 0 radical (unpaired) electrons. The van der Waals surface area contributed by atoms with Gasteiger partial charge in [0.15, 0.2) is 6.10 Å². The van der Waals surface area contributed by atoms with Crippen molar-refractivity contribution in [2.75, 3.05) is 5.32 Å². The molecular formula is C9H9NO2. The lowest BCUT2D eigenvalue weighted by Gasteiger charge is -2.03. The van der Waals surface area contributed by atoms with Crippen LogP contribution in [0.15, 0.2) is 18.2 Å². The molecule has 3 heteroatoms. The molecule has 1 amide bonds. The van der Waals surface area contributed by atoms with Crippen LogP contribution in [0.1, 0.15) is 17.2 Å². The predicted molar refractivity (Wildman–Crippen MR) is 44.8 cm³/mol. The molecule has 62 valence electrons. The summed E-state index contributed by atoms with van der Waals surface area (Å²) < 4.78 is 0. The lowest BCUT2D eigenvalue weighted by Crippen LogP contribution is -2.10. The van der Waals surface area contributed by atoms with E-state index >= 15 is 0 Å². The predicted octanol–water partition coefficient (Wildman–Crippen LogP) is 0.981. The zero-order valence-corrected chi connectivity index (χ0v) is 6.66. The minimum absolute atomic E-state index is 0.334. The first-order valence-electron chi connectivity index (χ1n) is 3.78. The molecule has 0 saturated heterocycles. The summed E-state index contributed by atoms with van der Waals surface area (Å²) in [5, 5.41) is 12.0. The number of amides is 1. The number of fused-ring (bicyclic) bond motifs is 1. The van der Waals surface area contributed by atoms with E-state index in [2.05, 4.69) is 5.32 Å². The van der Waals surface area contributed by atoms with Gasteiger partial charge < -0.3 is 10.4 Å². The molecule has 2 N–H and O–H groups in total. The molecule has 1 atom stereocenters. The van der Waals surface area contributed by atoms with Gasteiger partial charge in [-0.1, -0.05) is 12.1 Å². The number of aliphatic hydroxyl groups is 1. The van der Waals surface area contributed by atoms with Gasteiger partial charge in [0.2, 0.25) is 0 Å². The van der Waals surface area contributed by atoms with E-state index < -0.39 is 6.10 Å². The third kappa shape index (κ3) is 0.833. The zero-order chi connectivity index (χ0) is 8.72.